The van der Waals surface area contributed by atoms with Gasteiger partial charge in [-0.15, -0.1) is 22.7 Å². The lowest BCUT2D eigenvalue weighted by atomic mass is 10.2. The standard InChI is InChI=1S/C18H18N2O2S2/c21-17(7-5-15-3-1-13-23-15)19-9-11-20(12-10-19)18(22)8-6-16-4-2-14-24-16/h1-8,13-14H,9-12H2/b7-5+,8-6+. The van der Waals surface area contributed by atoms with Crippen molar-refractivity contribution < 1.29 is 9.59 Å². The van der Waals surface area contributed by atoms with Crippen molar-refractivity contribution in [2.24, 2.45) is 0 Å². The average Bonchev–Trinajstić information content (AvgIpc) is 3.31. The number of carbonyl (C=O) groups is 2. The Morgan fingerprint density at radius 1 is 0.792 bits per heavy atom. The molecule has 2 aromatic rings. The fraction of sp³-hybridized carbons (Fsp3) is 0.222. The first kappa shape index (κ1) is 16.7. The molecule has 124 valence electrons. The molecule has 0 spiro atoms. The Labute approximate surface area is 149 Å². The number of piperazine rings is 1. The lowest BCUT2D eigenvalue weighted by Crippen LogP contribution is -2.49. The highest BCUT2D eigenvalue weighted by Crippen LogP contribution is 2.12. The summed E-state index contributed by atoms with van der Waals surface area (Å²) in [4.78, 5) is 30.1. The molecule has 2 amide bonds. The summed E-state index contributed by atoms with van der Waals surface area (Å²) in [6.07, 6.45) is 6.91. The van der Waals surface area contributed by atoms with Gasteiger partial charge in [0.1, 0.15) is 0 Å². The van der Waals surface area contributed by atoms with Crippen LogP contribution in [-0.2, 0) is 9.59 Å². The highest BCUT2D eigenvalue weighted by atomic mass is 32.1. The Bertz CT molecular complexity index is 661. The molecule has 3 rings (SSSR count). The minimum atomic E-state index is 0.00428. The molecule has 1 aliphatic rings. The van der Waals surface area contributed by atoms with E-state index in [1.165, 1.54) is 0 Å². The minimum absolute atomic E-state index is 0.00428. The predicted molar refractivity (Wildman–Crippen MR) is 99.9 cm³/mol. The van der Waals surface area contributed by atoms with Crippen LogP contribution in [0.4, 0.5) is 0 Å². The summed E-state index contributed by atoms with van der Waals surface area (Å²) in [6.45, 7) is 2.30. The molecular weight excluding hydrogens is 340 g/mol. The summed E-state index contributed by atoms with van der Waals surface area (Å²) in [5, 5.41) is 3.97. The number of nitrogens with zero attached hydrogens (tertiary/aromatic N) is 2. The van der Waals surface area contributed by atoms with Gasteiger partial charge in [0.2, 0.25) is 11.8 Å². The van der Waals surface area contributed by atoms with Gasteiger partial charge in [-0.05, 0) is 35.0 Å². The van der Waals surface area contributed by atoms with Crippen LogP contribution < -0.4 is 0 Å². The predicted octanol–water partition coefficient (Wildman–Crippen LogP) is 3.21. The van der Waals surface area contributed by atoms with Crippen molar-refractivity contribution in [2.45, 2.75) is 0 Å². The molecule has 24 heavy (non-hydrogen) atoms. The maximum Gasteiger partial charge on any atom is 0.246 e. The van der Waals surface area contributed by atoms with Gasteiger partial charge in [-0.2, -0.15) is 0 Å². The summed E-state index contributed by atoms with van der Waals surface area (Å²) < 4.78 is 0. The van der Waals surface area contributed by atoms with E-state index in [9.17, 15) is 9.59 Å². The third-order valence-electron chi connectivity index (χ3n) is 3.77. The fourth-order valence-corrected chi connectivity index (χ4v) is 3.67. The molecule has 0 saturated carbocycles. The monoisotopic (exact) mass is 358 g/mol. The molecule has 1 aliphatic heterocycles. The van der Waals surface area contributed by atoms with Crippen LogP contribution >= 0.6 is 22.7 Å². The first-order valence-electron chi connectivity index (χ1n) is 7.73. The van der Waals surface area contributed by atoms with E-state index < -0.39 is 0 Å². The van der Waals surface area contributed by atoms with Crippen LogP contribution in [0.2, 0.25) is 0 Å². The third kappa shape index (κ3) is 4.43. The van der Waals surface area contributed by atoms with Crippen molar-refractivity contribution in [1.29, 1.82) is 0 Å². The summed E-state index contributed by atoms with van der Waals surface area (Å²) in [6, 6.07) is 7.88. The summed E-state index contributed by atoms with van der Waals surface area (Å²) in [7, 11) is 0. The quantitative estimate of drug-likeness (QED) is 0.788. The van der Waals surface area contributed by atoms with Gasteiger partial charge in [0.15, 0.2) is 0 Å². The largest absolute Gasteiger partial charge is 0.336 e. The molecule has 4 nitrogen and oxygen atoms in total. The second kappa shape index (κ2) is 8.08. The zero-order valence-electron chi connectivity index (χ0n) is 13.1. The summed E-state index contributed by atoms with van der Waals surface area (Å²) in [5.74, 6) is 0.00857. The van der Waals surface area contributed by atoms with Gasteiger partial charge in [-0.3, -0.25) is 9.59 Å². The minimum Gasteiger partial charge on any atom is -0.336 e. The lowest BCUT2D eigenvalue weighted by molar-refractivity contribution is -0.133. The molecular formula is C18H18N2O2S2. The topological polar surface area (TPSA) is 40.6 Å². The number of thiophene rings is 2. The molecule has 6 heteroatoms. The van der Waals surface area contributed by atoms with Crippen LogP contribution in [-0.4, -0.2) is 47.8 Å². The van der Waals surface area contributed by atoms with Gasteiger partial charge in [0.25, 0.3) is 0 Å². The fourth-order valence-electron chi connectivity index (χ4n) is 2.44. The van der Waals surface area contributed by atoms with Gasteiger partial charge in [0.05, 0.1) is 0 Å². The second-order valence-electron chi connectivity index (χ2n) is 5.35. The molecule has 0 N–H and O–H groups in total. The Hall–Kier alpha value is -2.18. The average molecular weight is 358 g/mol. The molecule has 0 radical (unpaired) electrons. The Kier molecular flexibility index (Phi) is 5.61. The Morgan fingerprint density at radius 3 is 1.54 bits per heavy atom. The normalized spacial score (nSPS) is 15.5. The molecule has 2 aromatic heterocycles. The van der Waals surface area contributed by atoms with Crippen LogP contribution in [0.3, 0.4) is 0 Å². The Balaban J connectivity index is 1.48. The number of rotatable bonds is 4. The highest BCUT2D eigenvalue weighted by Gasteiger charge is 2.21. The zero-order chi connectivity index (χ0) is 16.8. The summed E-state index contributed by atoms with van der Waals surface area (Å²) in [5.41, 5.74) is 0. The van der Waals surface area contributed by atoms with E-state index in [1.54, 1.807) is 44.6 Å². The van der Waals surface area contributed by atoms with Crippen molar-refractivity contribution in [3.8, 4) is 0 Å². The van der Waals surface area contributed by atoms with Crippen molar-refractivity contribution in [3.63, 3.8) is 0 Å². The van der Waals surface area contributed by atoms with E-state index in [0.717, 1.165) is 9.75 Å². The highest BCUT2D eigenvalue weighted by molar-refractivity contribution is 7.11. The van der Waals surface area contributed by atoms with E-state index in [-0.39, 0.29) is 11.8 Å². The zero-order valence-corrected chi connectivity index (χ0v) is 14.8. The van der Waals surface area contributed by atoms with Crippen molar-refractivity contribution in [3.05, 3.63) is 56.9 Å². The SMILES string of the molecule is O=C(/C=C/c1cccs1)N1CCN(C(=O)/C=C/c2cccs2)CC1. The van der Waals surface area contributed by atoms with Gasteiger partial charge >= 0.3 is 0 Å². The third-order valence-corrected chi connectivity index (χ3v) is 5.44. The van der Waals surface area contributed by atoms with Crippen molar-refractivity contribution >= 4 is 46.6 Å². The van der Waals surface area contributed by atoms with Crippen LogP contribution in [0.25, 0.3) is 12.2 Å². The number of hydrogen-bond donors (Lipinski definition) is 0. The molecule has 0 aromatic carbocycles. The van der Waals surface area contributed by atoms with Gasteiger partial charge in [-0.25, -0.2) is 0 Å². The molecule has 1 fully saturated rings. The van der Waals surface area contributed by atoms with Gasteiger partial charge in [-0.1, -0.05) is 12.1 Å². The van der Waals surface area contributed by atoms with Crippen molar-refractivity contribution in [1.82, 2.24) is 9.80 Å². The second-order valence-corrected chi connectivity index (χ2v) is 7.31. The molecule has 0 bridgehead atoms. The number of hydrogen-bond acceptors (Lipinski definition) is 4. The first-order chi connectivity index (χ1) is 11.7. The van der Waals surface area contributed by atoms with Crippen LogP contribution in [0.1, 0.15) is 9.75 Å². The molecule has 1 saturated heterocycles. The van der Waals surface area contributed by atoms with E-state index >= 15 is 0 Å². The van der Waals surface area contributed by atoms with Crippen LogP contribution in [0.15, 0.2) is 47.2 Å². The maximum atomic E-state index is 12.2. The maximum absolute atomic E-state index is 12.2. The van der Waals surface area contributed by atoms with Crippen LogP contribution in [0, 0.1) is 0 Å². The van der Waals surface area contributed by atoms with Crippen molar-refractivity contribution in [2.75, 3.05) is 26.2 Å². The van der Waals surface area contributed by atoms with Gasteiger partial charge in [0, 0.05) is 48.1 Å². The molecule has 3 heterocycles. The molecule has 0 unspecified atom stereocenters. The van der Waals surface area contributed by atoms with E-state index in [2.05, 4.69) is 0 Å². The summed E-state index contributed by atoms with van der Waals surface area (Å²) >= 11 is 3.21. The lowest BCUT2D eigenvalue weighted by Gasteiger charge is -2.33. The van der Waals surface area contributed by atoms with Gasteiger partial charge < -0.3 is 9.80 Å². The number of amides is 2. The van der Waals surface area contributed by atoms with E-state index in [4.69, 9.17) is 0 Å². The molecule has 0 atom stereocenters. The molecule has 0 aliphatic carbocycles. The number of carbonyl (C=O) groups excluding carboxylic acids is 2. The first-order valence-corrected chi connectivity index (χ1v) is 9.49. The Morgan fingerprint density at radius 2 is 1.21 bits per heavy atom. The van der Waals surface area contributed by atoms with E-state index in [1.807, 2.05) is 47.2 Å². The van der Waals surface area contributed by atoms with Crippen LogP contribution in [0.5, 0.6) is 0 Å². The van der Waals surface area contributed by atoms with E-state index in [0.29, 0.717) is 26.2 Å². The smallest absolute Gasteiger partial charge is 0.246 e.